The van der Waals surface area contributed by atoms with E-state index < -0.39 is 8.03 Å². The summed E-state index contributed by atoms with van der Waals surface area (Å²) in [7, 11) is -1.73. The van der Waals surface area contributed by atoms with Crippen molar-refractivity contribution in [3.8, 4) is 0 Å². The van der Waals surface area contributed by atoms with Crippen LogP contribution in [0.1, 0.15) is 90.9 Å². The molecule has 0 aromatic carbocycles. The van der Waals surface area contributed by atoms with Gasteiger partial charge in [-0.25, -0.2) is 0 Å². The Kier molecular flexibility index (Phi) is 22.6. The summed E-state index contributed by atoms with van der Waals surface area (Å²) < 4.78 is 17.1. The molecule has 0 bridgehead atoms. The van der Waals surface area contributed by atoms with Crippen LogP contribution in [0.2, 0.25) is 0 Å². The van der Waals surface area contributed by atoms with Crippen molar-refractivity contribution < 1.29 is 25.6 Å². The van der Waals surface area contributed by atoms with Gasteiger partial charge in [-0.15, -0.1) is 0 Å². The first-order valence-electron chi connectivity index (χ1n) is 8.46. The zero-order chi connectivity index (χ0) is 14.2. The number of hydrogen-bond donors (Lipinski definition) is 0. The first-order chi connectivity index (χ1) is 9.31. The van der Waals surface area contributed by atoms with Gasteiger partial charge >= 0.3 is 0 Å². The Morgan fingerprint density at radius 1 is 0.700 bits per heavy atom. The van der Waals surface area contributed by atoms with Crippen molar-refractivity contribution in [3.05, 3.63) is 0 Å². The fourth-order valence-electron chi connectivity index (χ4n) is 2.19. The van der Waals surface area contributed by atoms with E-state index >= 15 is 0 Å². The molecule has 0 aliphatic carbocycles. The zero-order valence-corrected chi connectivity index (χ0v) is 15.5. The largest absolute Gasteiger partial charge is 0.330 e. The van der Waals surface area contributed by atoms with Gasteiger partial charge in [0.05, 0.1) is 6.61 Å². The first-order valence-corrected chi connectivity index (χ1v) is 9.99. The summed E-state index contributed by atoms with van der Waals surface area (Å²) in [5.41, 5.74) is 0. The Labute approximate surface area is 137 Å². The Morgan fingerprint density at radius 3 is 1.70 bits per heavy atom. The summed E-state index contributed by atoms with van der Waals surface area (Å²) in [4.78, 5) is 0. The standard InChI is InChI=1S/C16H35O2P.Ni/c1-3-5-7-9-11-13-15-18-19(17)16-14-12-10-8-6-4-2;/h19H,3-16H2,1-2H3;. The molecule has 0 spiro atoms. The monoisotopic (exact) mass is 348 g/mol. The smallest absolute Gasteiger partial charge is 0.191 e. The van der Waals surface area contributed by atoms with Crippen LogP contribution in [0.5, 0.6) is 0 Å². The number of unbranched alkanes of at least 4 members (excludes halogenated alkanes) is 10. The predicted molar refractivity (Wildman–Crippen MR) is 86.6 cm³/mol. The maximum Gasteiger partial charge on any atom is 0.191 e. The summed E-state index contributed by atoms with van der Waals surface area (Å²) in [5.74, 6) is 0. The zero-order valence-electron chi connectivity index (χ0n) is 13.5. The maximum atomic E-state index is 11.6. The Balaban J connectivity index is 0. The summed E-state index contributed by atoms with van der Waals surface area (Å²) in [5, 5.41) is 0. The van der Waals surface area contributed by atoms with E-state index in [1.54, 1.807) is 0 Å². The van der Waals surface area contributed by atoms with E-state index in [4.69, 9.17) is 4.52 Å². The third-order valence-electron chi connectivity index (χ3n) is 3.50. The summed E-state index contributed by atoms with van der Waals surface area (Å²) in [6.45, 7) is 5.17. The number of hydrogen-bond acceptors (Lipinski definition) is 2. The van der Waals surface area contributed by atoms with Crippen molar-refractivity contribution in [2.24, 2.45) is 0 Å². The molecule has 0 aliphatic heterocycles. The van der Waals surface area contributed by atoms with Crippen LogP contribution in [0.4, 0.5) is 0 Å². The molecule has 2 nitrogen and oxygen atoms in total. The van der Waals surface area contributed by atoms with Crippen LogP contribution in [0.3, 0.4) is 0 Å². The van der Waals surface area contributed by atoms with Gasteiger partial charge in [0.2, 0.25) is 0 Å². The topological polar surface area (TPSA) is 26.3 Å². The molecule has 4 heteroatoms. The van der Waals surface area contributed by atoms with Crippen molar-refractivity contribution in [1.29, 1.82) is 0 Å². The van der Waals surface area contributed by atoms with Gasteiger partial charge in [0.25, 0.3) is 0 Å². The van der Waals surface area contributed by atoms with Gasteiger partial charge in [-0.1, -0.05) is 78.1 Å². The summed E-state index contributed by atoms with van der Waals surface area (Å²) in [6, 6.07) is 0. The van der Waals surface area contributed by atoms with E-state index in [1.807, 2.05) is 0 Å². The van der Waals surface area contributed by atoms with Crippen LogP contribution in [0.25, 0.3) is 0 Å². The second kappa shape index (κ2) is 19.7. The van der Waals surface area contributed by atoms with Crippen molar-refractivity contribution in [2.45, 2.75) is 90.9 Å². The van der Waals surface area contributed by atoms with E-state index in [-0.39, 0.29) is 16.5 Å². The van der Waals surface area contributed by atoms with Crippen LogP contribution >= 0.6 is 8.03 Å². The van der Waals surface area contributed by atoms with Gasteiger partial charge < -0.3 is 4.52 Å². The molecular weight excluding hydrogens is 314 g/mol. The molecule has 1 unspecified atom stereocenters. The normalized spacial score (nSPS) is 12.1. The molecule has 0 saturated carbocycles. The maximum absolute atomic E-state index is 11.6. The molecule has 126 valence electrons. The van der Waals surface area contributed by atoms with Gasteiger partial charge in [0.1, 0.15) is 0 Å². The van der Waals surface area contributed by atoms with Gasteiger partial charge in [-0.2, -0.15) is 0 Å². The SMILES string of the molecule is CCCCCCCCO[PH](=O)CCCCCCCC.[Ni]. The van der Waals surface area contributed by atoms with Gasteiger partial charge in [0, 0.05) is 22.7 Å². The third kappa shape index (κ3) is 18.7. The summed E-state index contributed by atoms with van der Waals surface area (Å²) >= 11 is 0. The molecule has 0 heterocycles. The van der Waals surface area contributed by atoms with Gasteiger partial charge in [-0.05, 0) is 12.8 Å². The van der Waals surface area contributed by atoms with E-state index in [2.05, 4.69) is 13.8 Å². The molecule has 0 aromatic rings. The second-order valence-corrected chi connectivity index (χ2v) is 7.04. The third-order valence-corrected chi connectivity index (χ3v) is 4.78. The number of rotatable bonds is 15. The van der Waals surface area contributed by atoms with Crippen LogP contribution in [-0.4, -0.2) is 12.8 Å². The fraction of sp³-hybridized carbons (Fsp3) is 1.00. The molecule has 0 aliphatic rings. The van der Waals surface area contributed by atoms with Crippen molar-refractivity contribution in [2.75, 3.05) is 12.8 Å². The second-order valence-electron chi connectivity index (χ2n) is 5.51. The van der Waals surface area contributed by atoms with Crippen LogP contribution in [-0.2, 0) is 25.6 Å². The van der Waals surface area contributed by atoms with Crippen LogP contribution in [0, 0.1) is 0 Å². The molecular formula is C16H35NiO2P. The van der Waals surface area contributed by atoms with E-state index in [9.17, 15) is 4.57 Å². The molecule has 1 atom stereocenters. The van der Waals surface area contributed by atoms with Gasteiger partial charge in [0.15, 0.2) is 8.03 Å². The average Bonchev–Trinajstić information content (AvgIpc) is 2.41. The minimum atomic E-state index is -1.73. The Morgan fingerprint density at radius 2 is 1.15 bits per heavy atom. The molecule has 0 saturated heterocycles. The van der Waals surface area contributed by atoms with Gasteiger partial charge in [-0.3, -0.25) is 4.57 Å². The molecule has 0 aromatic heterocycles. The van der Waals surface area contributed by atoms with Crippen LogP contribution < -0.4 is 0 Å². The van der Waals surface area contributed by atoms with Crippen LogP contribution in [0.15, 0.2) is 0 Å². The quantitative estimate of drug-likeness (QED) is 0.200. The molecule has 0 amide bonds. The molecule has 0 rings (SSSR count). The Hall–Kier alpha value is 0.684. The molecule has 0 radical (unpaired) electrons. The molecule has 0 fully saturated rings. The molecule has 20 heavy (non-hydrogen) atoms. The minimum absolute atomic E-state index is 0. The minimum Gasteiger partial charge on any atom is -0.330 e. The molecule has 0 N–H and O–H groups in total. The van der Waals surface area contributed by atoms with Crippen molar-refractivity contribution >= 4 is 8.03 Å². The van der Waals surface area contributed by atoms with Crippen molar-refractivity contribution in [3.63, 3.8) is 0 Å². The van der Waals surface area contributed by atoms with E-state index in [0.29, 0.717) is 6.61 Å². The summed E-state index contributed by atoms with van der Waals surface area (Å²) in [6.07, 6.45) is 15.9. The first kappa shape index (κ1) is 23.0. The van der Waals surface area contributed by atoms with E-state index in [1.165, 1.54) is 64.2 Å². The predicted octanol–water partition coefficient (Wildman–Crippen LogP) is 6.20. The van der Waals surface area contributed by atoms with E-state index in [0.717, 1.165) is 19.0 Å². The fourth-order valence-corrected chi connectivity index (χ4v) is 3.25. The van der Waals surface area contributed by atoms with Crippen molar-refractivity contribution in [1.82, 2.24) is 0 Å². The Bertz CT molecular complexity index is 201. The average molecular weight is 349 g/mol.